The summed E-state index contributed by atoms with van der Waals surface area (Å²) in [5, 5.41) is 9.81. The average Bonchev–Trinajstić information content (AvgIpc) is 2.89. The molecule has 6 heteroatoms. The summed E-state index contributed by atoms with van der Waals surface area (Å²) in [4.78, 5) is 0. The molecule has 3 N–H and O–H groups in total. The lowest BCUT2D eigenvalue weighted by molar-refractivity contribution is -0.137. The predicted octanol–water partition coefficient (Wildman–Crippen LogP) is 3.91. The summed E-state index contributed by atoms with van der Waals surface area (Å²) in [6.07, 6.45) is -1.64. The fourth-order valence-electron chi connectivity index (χ4n) is 2.80. The van der Waals surface area contributed by atoms with Gasteiger partial charge in [0.05, 0.1) is 22.7 Å². The van der Waals surface area contributed by atoms with Crippen molar-refractivity contribution in [2.24, 2.45) is 11.7 Å². The normalized spacial score (nSPS) is 20.1. The van der Waals surface area contributed by atoms with Crippen LogP contribution in [0, 0.1) is 5.92 Å². The lowest BCUT2D eigenvalue weighted by Crippen LogP contribution is -2.32. The molecule has 0 aliphatic heterocycles. The van der Waals surface area contributed by atoms with Gasteiger partial charge in [0.25, 0.3) is 0 Å². The minimum absolute atomic E-state index is 0.0376. The molecule has 20 heavy (non-hydrogen) atoms. The Kier molecular flexibility index (Phi) is 4.62. The molecule has 1 aromatic carbocycles. The number of rotatable bonds is 3. The maximum Gasteiger partial charge on any atom is 0.417 e. The number of alkyl halides is 3. The van der Waals surface area contributed by atoms with Crippen molar-refractivity contribution in [2.45, 2.75) is 44.0 Å². The molecule has 0 radical (unpaired) electrons. The summed E-state index contributed by atoms with van der Waals surface area (Å²) in [6.45, 7) is 0. The van der Waals surface area contributed by atoms with E-state index in [1.54, 1.807) is 0 Å². The van der Waals surface area contributed by atoms with E-state index in [2.05, 4.69) is 0 Å². The molecule has 0 unspecified atom stereocenters. The van der Waals surface area contributed by atoms with Gasteiger partial charge in [-0.2, -0.15) is 13.2 Å². The summed E-state index contributed by atoms with van der Waals surface area (Å²) >= 11 is 5.83. The molecule has 0 spiro atoms. The van der Waals surface area contributed by atoms with E-state index >= 15 is 0 Å². The van der Waals surface area contributed by atoms with Crippen LogP contribution in [-0.4, -0.2) is 11.2 Å². The Morgan fingerprint density at radius 2 is 1.85 bits per heavy atom. The Labute approximate surface area is 120 Å². The molecule has 1 saturated carbocycles. The lowest BCUT2D eigenvalue weighted by atomic mass is 9.90. The molecule has 0 aromatic heterocycles. The molecule has 0 saturated heterocycles. The zero-order valence-electron chi connectivity index (χ0n) is 10.8. The van der Waals surface area contributed by atoms with Gasteiger partial charge in [0, 0.05) is 0 Å². The summed E-state index contributed by atoms with van der Waals surface area (Å²) in [6, 6.07) is 2.74. The van der Waals surface area contributed by atoms with E-state index in [1.807, 2.05) is 0 Å². The molecule has 1 aliphatic rings. The maximum atomic E-state index is 12.8. The second-order valence-electron chi connectivity index (χ2n) is 5.27. The first-order valence-corrected chi connectivity index (χ1v) is 6.99. The van der Waals surface area contributed by atoms with Gasteiger partial charge < -0.3 is 10.8 Å². The highest BCUT2D eigenvalue weighted by atomic mass is 35.5. The zero-order valence-corrected chi connectivity index (χ0v) is 11.6. The first-order valence-electron chi connectivity index (χ1n) is 6.61. The second kappa shape index (κ2) is 5.92. The van der Waals surface area contributed by atoms with Crippen LogP contribution in [0.25, 0.3) is 0 Å². The van der Waals surface area contributed by atoms with E-state index in [4.69, 9.17) is 17.3 Å². The number of halogens is 4. The number of hydrogen-bond donors (Lipinski definition) is 2. The second-order valence-corrected chi connectivity index (χ2v) is 5.65. The molecule has 112 valence electrons. The van der Waals surface area contributed by atoms with Crippen molar-refractivity contribution in [1.29, 1.82) is 0 Å². The van der Waals surface area contributed by atoms with Crippen molar-refractivity contribution in [3.05, 3.63) is 34.3 Å². The Hall–Kier alpha value is -0.780. The van der Waals surface area contributed by atoms with Gasteiger partial charge in [-0.1, -0.05) is 36.6 Å². The Morgan fingerprint density at radius 1 is 1.25 bits per heavy atom. The minimum Gasteiger partial charge on any atom is -0.391 e. The number of aliphatic hydroxyl groups excluding tert-OH is 1. The average molecular weight is 308 g/mol. The lowest BCUT2D eigenvalue weighted by Gasteiger charge is -2.26. The van der Waals surface area contributed by atoms with Gasteiger partial charge in [-0.3, -0.25) is 0 Å². The highest BCUT2D eigenvalue weighted by Crippen LogP contribution is 2.40. The topological polar surface area (TPSA) is 46.2 Å². The summed E-state index contributed by atoms with van der Waals surface area (Å²) in [5.74, 6) is 0.0376. The van der Waals surface area contributed by atoms with Gasteiger partial charge in [0.1, 0.15) is 0 Å². The van der Waals surface area contributed by atoms with E-state index in [-0.39, 0.29) is 11.5 Å². The van der Waals surface area contributed by atoms with E-state index in [0.717, 1.165) is 31.7 Å². The van der Waals surface area contributed by atoms with Crippen molar-refractivity contribution in [3.63, 3.8) is 0 Å². The van der Waals surface area contributed by atoms with E-state index in [9.17, 15) is 18.3 Å². The SMILES string of the molecule is N[C@H](c1cccc(C(F)(F)F)c1Cl)[C@@H](O)C1CCCC1. The number of aliphatic hydroxyl groups is 1. The largest absolute Gasteiger partial charge is 0.417 e. The third-order valence-corrected chi connectivity index (χ3v) is 4.37. The molecule has 0 bridgehead atoms. The summed E-state index contributed by atoms with van der Waals surface area (Å²) in [7, 11) is 0. The van der Waals surface area contributed by atoms with Gasteiger partial charge in [-0.05, 0) is 30.4 Å². The first-order chi connectivity index (χ1) is 9.32. The maximum absolute atomic E-state index is 12.8. The van der Waals surface area contributed by atoms with Crippen LogP contribution in [0.5, 0.6) is 0 Å². The molecule has 2 nitrogen and oxygen atoms in total. The molecule has 1 fully saturated rings. The first kappa shape index (κ1) is 15.6. The molecule has 0 amide bonds. The molecular weight excluding hydrogens is 291 g/mol. The van der Waals surface area contributed by atoms with Crippen LogP contribution >= 0.6 is 11.6 Å². The quantitative estimate of drug-likeness (QED) is 0.889. The van der Waals surface area contributed by atoms with E-state index < -0.39 is 28.9 Å². The van der Waals surface area contributed by atoms with Crippen LogP contribution in [0.3, 0.4) is 0 Å². The fourth-order valence-corrected chi connectivity index (χ4v) is 3.16. The smallest absolute Gasteiger partial charge is 0.391 e. The third kappa shape index (κ3) is 3.10. The van der Waals surface area contributed by atoms with E-state index in [0.29, 0.717) is 0 Å². The van der Waals surface area contributed by atoms with Crippen molar-refractivity contribution in [1.82, 2.24) is 0 Å². The van der Waals surface area contributed by atoms with Crippen LogP contribution in [0.2, 0.25) is 5.02 Å². The molecule has 0 heterocycles. The van der Waals surface area contributed by atoms with Crippen molar-refractivity contribution >= 4 is 11.6 Å². The molecule has 2 rings (SSSR count). The van der Waals surface area contributed by atoms with Gasteiger partial charge in [-0.25, -0.2) is 0 Å². The number of hydrogen-bond acceptors (Lipinski definition) is 2. The third-order valence-electron chi connectivity index (χ3n) is 3.94. The Morgan fingerprint density at radius 3 is 2.40 bits per heavy atom. The van der Waals surface area contributed by atoms with Crippen LogP contribution in [-0.2, 0) is 6.18 Å². The highest BCUT2D eigenvalue weighted by Gasteiger charge is 2.36. The van der Waals surface area contributed by atoms with Gasteiger partial charge in [-0.15, -0.1) is 0 Å². The van der Waals surface area contributed by atoms with Gasteiger partial charge in [0.15, 0.2) is 0 Å². The standard InChI is InChI=1S/C14H17ClF3NO/c15-11-9(6-3-7-10(11)14(16,17)18)12(19)13(20)8-4-1-2-5-8/h3,6-8,12-13,20H,1-2,4-5,19H2/t12-,13+/m1/s1. The van der Waals surface area contributed by atoms with Crippen LogP contribution in [0.15, 0.2) is 18.2 Å². The molecule has 1 aliphatic carbocycles. The molecule has 2 atom stereocenters. The minimum atomic E-state index is -4.52. The molecular formula is C14H17ClF3NO. The zero-order chi connectivity index (χ0) is 14.9. The van der Waals surface area contributed by atoms with Crippen LogP contribution in [0.1, 0.15) is 42.9 Å². The van der Waals surface area contributed by atoms with Crippen LogP contribution < -0.4 is 5.73 Å². The number of benzene rings is 1. The Balaban J connectivity index is 2.28. The summed E-state index contributed by atoms with van der Waals surface area (Å²) < 4.78 is 38.4. The van der Waals surface area contributed by atoms with Gasteiger partial charge in [0.2, 0.25) is 0 Å². The van der Waals surface area contributed by atoms with Crippen molar-refractivity contribution in [2.75, 3.05) is 0 Å². The van der Waals surface area contributed by atoms with Crippen molar-refractivity contribution < 1.29 is 18.3 Å². The van der Waals surface area contributed by atoms with Crippen molar-refractivity contribution in [3.8, 4) is 0 Å². The predicted molar refractivity (Wildman–Crippen MR) is 71.3 cm³/mol. The highest BCUT2D eigenvalue weighted by molar-refractivity contribution is 6.32. The van der Waals surface area contributed by atoms with Crippen LogP contribution in [0.4, 0.5) is 13.2 Å². The Bertz CT molecular complexity index is 472. The van der Waals surface area contributed by atoms with E-state index in [1.165, 1.54) is 12.1 Å². The van der Waals surface area contributed by atoms with Gasteiger partial charge >= 0.3 is 6.18 Å². The monoisotopic (exact) mass is 307 g/mol. The molecule has 1 aromatic rings. The fraction of sp³-hybridized carbons (Fsp3) is 0.571. The number of nitrogens with two attached hydrogens (primary N) is 1. The summed E-state index contributed by atoms with van der Waals surface area (Å²) in [5.41, 5.74) is 5.17.